The summed E-state index contributed by atoms with van der Waals surface area (Å²) < 4.78 is 5.53. The van der Waals surface area contributed by atoms with Crippen LogP contribution in [0.3, 0.4) is 0 Å². The summed E-state index contributed by atoms with van der Waals surface area (Å²) in [7, 11) is 0. The highest BCUT2D eigenvalue weighted by molar-refractivity contribution is 5.90. The van der Waals surface area contributed by atoms with Crippen LogP contribution in [0.2, 0.25) is 0 Å². The zero-order valence-corrected chi connectivity index (χ0v) is 11.3. The molecular weight excluding hydrogens is 252 g/mol. The van der Waals surface area contributed by atoms with E-state index in [9.17, 15) is 4.79 Å². The summed E-state index contributed by atoms with van der Waals surface area (Å²) in [4.78, 5) is 15.6. The van der Waals surface area contributed by atoms with E-state index in [0.29, 0.717) is 26.1 Å². The van der Waals surface area contributed by atoms with Crippen molar-refractivity contribution in [3.63, 3.8) is 0 Å². The van der Waals surface area contributed by atoms with Gasteiger partial charge in [0.1, 0.15) is 0 Å². The minimum absolute atomic E-state index is 0.0127. The third kappa shape index (κ3) is 5.20. The van der Waals surface area contributed by atoms with E-state index in [1.54, 1.807) is 18.5 Å². The van der Waals surface area contributed by atoms with Crippen LogP contribution in [-0.4, -0.2) is 17.5 Å². The third-order valence-electron chi connectivity index (χ3n) is 2.75. The molecule has 0 fully saturated rings. The number of nitrogens with one attached hydrogen (secondary N) is 1. The van der Waals surface area contributed by atoms with Crippen LogP contribution in [0.5, 0.6) is 0 Å². The van der Waals surface area contributed by atoms with Crippen LogP contribution < -0.4 is 5.32 Å². The third-order valence-corrected chi connectivity index (χ3v) is 2.75. The summed E-state index contributed by atoms with van der Waals surface area (Å²) >= 11 is 0. The predicted molar refractivity (Wildman–Crippen MR) is 78.2 cm³/mol. The highest BCUT2D eigenvalue weighted by Crippen LogP contribution is 2.05. The first-order valence-electron chi connectivity index (χ1n) is 6.66. The summed E-state index contributed by atoms with van der Waals surface area (Å²) in [6, 6.07) is 13.6. The van der Waals surface area contributed by atoms with Crippen LogP contribution in [0, 0.1) is 0 Å². The van der Waals surface area contributed by atoms with E-state index in [1.165, 1.54) is 0 Å². The van der Waals surface area contributed by atoms with Gasteiger partial charge in [-0.05, 0) is 24.1 Å². The molecule has 1 amide bonds. The van der Waals surface area contributed by atoms with Crippen LogP contribution in [0.15, 0.2) is 54.9 Å². The number of pyridine rings is 1. The van der Waals surface area contributed by atoms with E-state index in [4.69, 9.17) is 4.74 Å². The summed E-state index contributed by atoms with van der Waals surface area (Å²) in [6.07, 6.45) is 4.46. The minimum atomic E-state index is -0.0127. The van der Waals surface area contributed by atoms with Crippen LogP contribution in [0.1, 0.15) is 18.4 Å². The maximum atomic E-state index is 11.7. The lowest BCUT2D eigenvalue weighted by Crippen LogP contribution is -2.12. The maximum Gasteiger partial charge on any atom is 0.224 e. The van der Waals surface area contributed by atoms with Crippen molar-refractivity contribution in [2.24, 2.45) is 0 Å². The number of ether oxygens (including phenoxy) is 1. The summed E-state index contributed by atoms with van der Waals surface area (Å²) in [5, 5.41) is 2.79. The molecule has 0 atom stereocenters. The van der Waals surface area contributed by atoms with E-state index in [0.717, 1.165) is 11.3 Å². The number of carbonyl (C=O) groups is 1. The zero-order valence-electron chi connectivity index (χ0n) is 11.3. The van der Waals surface area contributed by atoms with Gasteiger partial charge in [0, 0.05) is 19.2 Å². The number of carbonyl (C=O) groups excluding carboxylic acids is 1. The summed E-state index contributed by atoms with van der Waals surface area (Å²) in [6.45, 7) is 1.17. The van der Waals surface area contributed by atoms with Crippen molar-refractivity contribution in [1.82, 2.24) is 4.98 Å². The number of hydrogen-bond donors (Lipinski definition) is 1. The molecule has 2 rings (SSSR count). The molecule has 0 bridgehead atoms. The van der Waals surface area contributed by atoms with Gasteiger partial charge in [-0.1, -0.05) is 30.3 Å². The lowest BCUT2D eigenvalue weighted by molar-refractivity contribution is -0.116. The molecule has 104 valence electrons. The average Bonchev–Trinajstić information content (AvgIpc) is 2.49. The molecule has 2 aromatic rings. The van der Waals surface area contributed by atoms with Gasteiger partial charge in [0.25, 0.3) is 0 Å². The minimum Gasteiger partial charge on any atom is -0.377 e. The second kappa shape index (κ2) is 8.07. The number of benzene rings is 1. The highest BCUT2D eigenvalue weighted by Gasteiger charge is 2.02. The molecule has 1 N–H and O–H groups in total. The van der Waals surface area contributed by atoms with Gasteiger partial charge in [-0.2, -0.15) is 0 Å². The average molecular weight is 270 g/mol. The first-order valence-corrected chi connectivity index (χ1v) is 6.66. The second-order valence-corrected chi connectivity index (χ2v) is 4.43. The first kappa shape index (κ1) is 14.2. The van der Waals surface area contributed by atoms with Crippen molar-refractivity contribution in [1.29, 1.82) is 0 Å². The van der Waals surface area contributed by atoms with Gasteiger partial charge >= 0.3 is 0 Å². The molecular formula is C16H18N2O2. The molecule has 4 nitrogen and oxygen atoms in total. The van der Waals surface area contributed by atoms with Gasteiger partial charge in [0.2, 0.25) is 5.91 Å². The first-order chi connectivity index (χ1) is 9.84. The van der Waals surface area contributed by atoms with Crippen LogP contribution in [0.25, 0.3) is 0 Å². The molecule has 0 aliphatic heterocycles. The Bertz CT molecular complexity index is 515. The second-order valence-electron chi connectivity index (χ2n) is 4.43. The van der Waals surface area contributed by atoms with Gasteiger partial charge in [-0.3, -0.25) is 9.78 Å². The summed E-state index contributed by atoms with van der Waals surface area (Å²) in [5.74, 6) is -0.0127. The number of rotatable bonds is 7. The predicted octanol–water partition coefficient (Wildman–Crippen LogP) is 3.02. The van der Waals surface area contributed by atoms with Crippen molar-refractivity contribution in [2.45, 2.75) is 19.4 Å². The van der Waals surface area contributed by atoms with Gasteiger partial charge in [-0.15, -0.1) is 0 Å². The molecule has 20 heavy (non-hydrogen) atoms. The standard InChI is InChI=1S/C16H18N2O2/c19-16(18-15-8-4-10-17-12-15)9-5-11-20-13-14-6-2-1-3-7-14/h1-4,6-8,10,12H,5,9,11,13H2,(H,18,19). The zero-order chi connectivity index (χ0) is 14.0. The molecule has 1 heterocycles. The Morgan fingerprint density at radius 2 is 2.00 bits per heavy atom. The Labute approximate surface area is 118 Å². The van der Waals surface area contributed by atoms with Crippen LogP contribution >= 0.6 is 0 Å². The van der Waals surface area contributed by atoms with Crippen molar-refractivity contribution >= 4 is 11.6 Å². The lowest BCUT2D eigenvalue weighted by atomic mass is 10.2. The van der Waals surface area contributed by atoms with Gasteiger partial charge in [0.05, 0.1) is 18.5 Å². The Morgan fingerprint density at radius 1 is 1.15 bits per heavy atom. The highest BCUT2D eigenvalue weighted by atomic mass is 16.5. The lowest BCUT2D eigenvalue weighted by Gasteiger charge is -2.05. The number of nitrogens with zero attached hydrogens (tertiary/aromatic N) is 1. The van der Waals surface area contributed by atoms with Gasteiger partial charge in [0.15, 0.2) is 0 Å². The largest absolute Gasteiger partial charge is 0.377 e. The van der Waals surface area contributed by atoms with Crippen molar-refractivity contribution < 1.29 is 9.53 Å². The fourth-order valence-electron chi connectivity index (χ4n) is 1.76. The Balaban J connectivity index is 1.58. The molecule has 0 aliphatic carbocycles. The van der Waals surface area contributed by atoms with Crippen molar-refractivity contribution in [2.75, 3.05) is 11.9 Å². The van der Waals surface area contributed by atoms with E-state index >= 15 is 0 Å². The normalized spacial score (nSPS) is 10.2. The topological polar surface area (TPSA) is 51.2 Å². The van der Waals surface area contributed by atoms with Gasteiger partial charge in [-0.25, -0.2) is 0 Å². The molecule has 1 aromatic carbocycles. The number of aromatic nitrogens is 1. The quantitative estimate of drug-likeness (QED) is 0.787. The monoisotopic (exact) mass is 270 g/mol. The molecule has 0 radical (unpaired) electrons. The fraction of sp³-hybridized carbons (Fsp3) is 0.250. The fourth-order valence-corrected chi connectivity index (χ4v) is 1.76. The van der Waals surface area contributed by atoms with E-state index in [2.05, 4.69) is 10.3 Å². The molecule has 0 saturated heterocycles. The molecule has 0 aliphatic rings. The molecule has 0 saturated carbocycles. The molecule has 0 spiro atoms. The Hall–Kier alpha value is -2.20. The van der Waals surface area contributed by atoms with E-state index in [-0.39, 0.29) is 5.91 Å². The van der Waals surface area contributed by atoms with Crippen molar-refractivity contribution in [3.05, 3.63) is 60.4 Å². The van der Waals surface area contributed by atoms with Gasteiger partial charge < -0.3 is 10.1 Å². The maximum absolute atomic E-state index is 11.7. The number of hydrogen-bond acceptors (Lipinski definition) is 3. The molecule has 0 unspecified atom stereocenters. The van der Waals surface area contributed by atoms with E-state index < -0.39 is 0 Å². The smallest absolute Gasteiger partial charge is 0.224 e. The van der Waals surface area contributed by atoms with Crippen LogP contribution in [0.4, 0.5) is 5.69 Å². The SMILES string of the molecule is O=C(CCCOCc1ccccc1)Nc1cccnc1. The Kier molecular flexibility index (Phi) is 5.73. The Morgan fingerprint density at radius 3 is 2.75 bits per heavy atom. The van der Waals surface area contributed by atoms with E-state index in [1.807, 2.05) is 36.4 Å². The molecule has 4 heteroatoms. The molecule has 1 aromatic heterocycles. The number of anilines is 1. The number of amides is 1. The van der Waals surface area contributed by atoms with Crippen LogP contribution in [-0.2, 0) is 16.1 Å². The van der Waals surface area contributed by atoms with Crippen molar-refractivity contribution in [3.8, 4) is 0 Å². The summed E-state index contributed by atoms with van der Waals surface area (Å²) in [5.41, 5.74) is 1.87.